The van der Waals surface area contributed by atoms with E-state index >= 15 is 0 Å². The van der Waals surface area contributed by atoms with Crippen molar-refractivity contribution in [3.8, 4) is 22.5 Å². The first-order valence-corrected chi connectivity index (χ1v) is 15.2. The van der Waals surface area contributed by atoms with Crippen LogP contribution in [-0.2, 0) is 25.5 Å². The minimum atomic E-state index is -2.22. The molecule has 0 bridgehead atoms. The number of hydrogen-bond acceptors (Lipinski definition) is 4. The average molecular weight is 776 g/mol. The van der Waals surface area contributed by atoms with E-state index in [1.807, 2.05) is 51.2 Å². The second-order valence-corrected chi connectivity index (χ2v) is 13.5. The molecule has 44 heavy (non-hydrogen) atoms. The Labute approximate surface area is 282 Å². The summed E-state index contributed by atoms with van der Waals surface area (Å²) in [5, 5.41) is 3.18. The molecule has 0 aliphatic rings. The van der Waals surface area contributed by atoms with Crippen molar-refractivity contribution in [3.05, 3.63) is 118 Å². The van der Waals surface area contributed by atoms with Crippen molar-refractivity contribution >= 4 is 43.4 Å². The standard InChI is InChI=1S/C25H22NOS.C14H14N.Ir/c1-14-13-26-21(12-20(14)25(3,4)5)18-8-6-7-16-17-9-10-22-19(11-15(2)28-22)24(17)27-23(16)18;1-10-4-6-13(7-5-10)14-8-11(2)12(3)9-15-14;/h6-7,9-13H,1-5H3;4-6,8-9H,1-3H3;/q2*-1;/i1D3;;. The summed E-state index contributed by atoms with van der Waals surface area (Å²) in [6, 6.07) is 26.9. The number of nitrogens with zero attached hydrogens (tertiary/aromatic N) is 2. The van der Waals surface area contributed by atoms with Gasteiger partial charge in [-0.15, -0.1) is 64.9 Å². The summed E-state index contributed by atoms with van der Waals surface area (Å²) < 4.78 is 31.4. The second-order valence-electron chi connectivity index (χ2n) is 12.2. The summed E-state index contributed by atoms with van der Waals surface area (Å²) in [7, 11) is 0. The van der Waals surface area contributed by atoms with Gasteiger partial charge < -0.3 is 14.4 Å². The Morgan fingerprint density at radius 2 is 1.52 bits per heavy atom. The van der Waals surface area contributed by atoms with Crippen LogP contribution in [0.4, 0.5) is 0 Å². The molecular formula is C39H36IrN2OS-2. The predicted molar refractivity (Wildman–Crippen MR) is 182 cm³/mol. The van der Waals surface area contributed by atoms with Crippen LogP contribution in [0.1, 0.15) is 57.6 Å². The maximum absolute atomic E-state index is 7.92. The van der Waals surface area contributed by atoms with Crippen LogP contribution < -0.4 is 0 Å². The van der Waals surface area contributed by atoms with E-state index in [2.05, 4.69) is 86.2 Å². The number of aryl methyl sites for hydroxylation is 5. The van der Waals surface area contributed by atoms with Crippen LogP contribution in [0.15, 0.2) is 77.5 Å². The van der Waals surface area contributed by atoms with E-state index in [0.717, 1.165) is 49.7 Å². The van der Waals surface area contributed by atoms with Gasteiger partial charge in [-0.3, -0.25) is 0 Å². The number of pyridine rings is 2. The van der Waals surface area contributed by atoms with Crippen molar-refractivity contribution in [3.63, 3.8) is 0 Å². The molecule has 4 heterocycles. The van der Waals surface area contributed by atoms with E-state index in [1.165, 1.54) is 32.5 Å². The summed E-state index contributed by atoms with van der Waals surface area (Å²) >= 11 is 1.75. The van der Waals surface area contributed by atoms with Crippen molar-refractivity contribution in [2.75, 3.05) is 0 Å². The molecule has 0 saturated carbocycles. The Kier molecular flexibility index (Phi) is 7.86. The molecule has 3 nitrogen and oxygen atoms in total. The Morgan fingerprint density at radius 3 is 2.23 bits per heavy atom. The molecule has 0 N–H and O–H groups in total. The summed E-state index contributed by atoms with van der Waals surface area (Å²) in [4.78, 5) is 10.2. The predicted octanol–water partition coefficient (Wildman–Crippen LogP) is 11.0. The molecule has 0 aliphatic heterocycles. The fraction of sp³-hybridized carbons (Fsp3) is 0.231. The summed E-state index contributed by atoms with van der Waals surface area (Å²) in [6.07, 6.45) is 3.40. The Morgan fingerprint density at radius 1 is 0.773 bits per heavy atom. The molecule has 0 amide bonds. The molecular weight excluding hydrogens is 737 g/mol. The Hall–Kier alpha value is -3.63. The van der Waals surface area contributed by atoms with Crippen LogP contribution in [0.3, 0.4) is 0 Å². The van der Waals surface area contributed by atoms with Crippen LogP contribution in [0.5, 0.6) is 0 Å². The fourth-order valence-corrected chi connectivity index (χ4v) is 6.20. The van der Waals surface area contributed by atoms with Crippen molar-refractivity contribution in [1.29, 1.82) is 0 Å². The average Bonchev–Trinajstić information content (AvgIpc) is 3.58. The first-order chi connectivity index (χ1) is 21.7. The molecule has 1 radical (unpaired) electrons. The molecule has 0 saturated heterocycles. The Bertz CT molecular complexity index is 2220. The SMILES string of the molecule is Cc1c[c-]c(-c2cc(C)c(C)cn2)cc1.[2H]C([2H])([2H])c1cnc(-c2[c-]ccc3c2oc2c4cc(C)sc4ccc32)cc1C(C)(C)C.[Ir]. The van der Waals surface area contributed by atoms with Crippen LogP contribution >= 0.6 is 11.3 Å². The third-order valence-electron chi connectivity index (χ3n) is 7.80. The molecule has 5 heteroatoms. The van der Waals surface area contributed by atoms with Gasteiger partial charge in [-0.05, 0) is 73.2 Å². The summed E-state index contributed by atoms with van der Waals surface area (Å²) in [5.74, 6) is 0. The number of fused-ring (bicyclic) bond motifs is 5. The smallest absolute Gasteiger partial charge is 0.129 e. The first kappa shape index (κ1) is 27.9. The molecule has 7 rings (SSSR count). The van der Waals surface area contributed by atoms with E-state index in [0.29, 0.717) is 5.69 Å². The van der Waals surface area contributed by atoms with Gasteiger partial charge in [0.05, 0.1) is 5.58 Å². The summed E-state index contributed by atoms with van der Waals surface area (Å²) in [6.45, 7) is 12.2. The molecule has 3 aromatic carbocycles. The van der Waals surface area contributed by atoms with Gasteiger partial charge in [0.25, 0.3) is 0 Å². The maximum atomic E-state index is 7.92. The number of benzene rings is 3. The zero-order chi connectivity index (χ0) is 33.0. The minimum Gasteiger partial charge on any atom is -0.500 e. The monoisotopic (exact) mass is 776 g/mol. The van der Waals surface area contributed by atoms with Gasteiger partial charge in [0.1, 0.15) is 5.58 Å². The molecule has 4 aromatic heterocycles. The normalized spacial score (nSPS) is 12.8. The van der Waals surface area contributed by atoms with E-state index in [-0.39, 0.29) is 31.1 Å². The fourth-order valence-electron chi connectivity index (χ4n) is 5.28. The molecule has 0 atom stereocenters. The number of hydrogen-bond donors (Lipinski definition) is 0. The second kappa shape index (κ2) is 12.4. The maximum Gasteiger partial charge on any atom is 0.129 e. The van der Waals surface area contributed by atoms with E-state index in [9.17, 15) is 0 Å². The van der Waals surface area contributed by atoms with Crippen molar-refractivity contribution in [1.82, 2.24) is 9.97 Å². The van der Waals surface area contributed by atoms with Crippen LogP contribution in [0, 0.1) is 46.7 Å². The third kappa shape index (κ3) is 6.15. The number of rotatable bonds is 2. The van der Waals surface area contributed by atoms with Gasteiger partial charge in [-0.25, -0.2) is 0 Å². The van der Waals surface area contributed by atoms with Crippen molar-refractivity contribution in [2.24, 2.45) is 0 Å². The van der Waals surface area contributed by atoms with Crippen LogP contribution in [0.25, 0.3) is 54.5 Å². The molecule has 7 aromatic rings. The van der Waals surface area contributed by atoms with Crippen molar-refractivity contribution < 1.29 is 28.6 Å². The largest absolute Gasteiger partial charge is 0.500 e. The molecule has 225 valence electrons. The van der Waals surface area contributed by atoms with Crippen LogP contribution in [-0.4, -0.2) is 9.97 Å². The zero-order valence-electron chi connectivity index (χ0n) is 29.0. The number of aromatic nitrogens is 2. The summed E-state index contributed by atoms with van der Waals surface area (Å²) in [5.41, 5.74) is 9.49. The number of furan rings is 1. The molecule has 0 fully saturated rings. The quantitative estimate of drug-likeness (QED) is 0.164. The molecule has 0 aliphatic carbocycles. The van der Waals surface area contributed by atoms with E-state index in [4.69, 9.17) is 8.53 Å². The first-order valence-electron chi connectivity index (χ1n) is 15.9. The van der Waals surface area contributed by atoms with Crippen LogP contribution in [0.2, 0.25) is 0 Å². The molecule has 0 unspecified atom stereocenters. The number of thiophene rings is 1. The Balaban J connectivity index is 0.000000228. The van der Waals surface area contributed by atoms with E-state index < -0.39 is 6.85 Å². The van der Waals surface area contributed by atoms with Gasteiger partial charge in [0.2, 0.25) is 0 Å². The third-order valence-corrected chi connectivity index (χ3v) is 8.82. The molecule has 0 spiro atoms. The van der Waals surface area contributed by atoms with Crippen molar-refractivity contribution in [2.45, 2.75) is 60.7 Å². The van der Waals surface area contributed by atoms with Gasteiger partial charge in [0, 0.05) is 57.0 Å². The van der Waals surface area contributed by atoms with Gasteiger partial charge >= 0.3 is 0 Å². The zero-order valence-corrected chi connectivity index (χ0v) is 29.2. The van der Waals surface area contributed by atoms with Gasteiger partial charge in [-0.1, -0.05) is 62.4 Å². The van der Waals surface area contributed by atoms with Gasteiger partial charge in [0.15, 0.2) is 0 Å². The van der Waals surface area contributed by atoms with Gasteiger partial charge in [-0.2, -0.15) is 0 Å². The topological polar surface area (TPSA) is 38.9 Å². The minimum absolute atomic E-state index is 0. The van der Waals surface area contributed by atoms with E-state index in [1.54, 1.807) is 11.3 Å².